The van der Waals surface area contributed by atoms with E-state index in [1.54, 1.807) is 18.2 Å². The second-order valence-corrected chi connectivity index (χ2v) is 7.70. The highest BCUT2D eigenvalue weighted by atomic mass is 16.5. The lowest BCUT2D eigenvalue weighted by atomic mass is 10.1. The lowest BCUT2D eigenvalue weighted by molar-refractivity contribution is 0.0474. The molecule has 0 saturated carbocycles. The molecule has 0 unspecified atom stereocenters. The van der Waals surface area contributed by atoms with Crippen LogP contribution < -0.4 is 5.63 Å². The van der Waals surface area contributed by atoms with Crippen molar-refractivity contribution in [1.29, 1.82) is 0 Å². The van der Waals surface area contributed by atoms with Crippen LogP contribution in [0.5, 0.6) is 0 Å². The van der Waals surface area contributed by atoms with Gasteiger partial charge in [-0.05, 0) is 55.8 Å². The molecule has 0 amide bonds. The molecule has 0 saturated heterocycles. The number of rotatable bonds is 4. The van der Waals surface area contributed by atoms with Gasteiger partial charge in [-0.1, -0.05) is 30.3 Å². The summed E-state index contributed by atoms with van der Waals surface area (Å²) in [6.45, 7) is 3.82. The minimum absolute atomic E-state index is 0.0283. The Hall–Kier alpha value is -4.19. The van der Waals surface area contributed by atoms with E-state index in [1.807, 2.05) is 66.9 Å². The summed E-state index contributed by atoms with van der Waals surface area (Å²) < 4.78 is 12.8. The monoisotopic (exact) mass is 424 g/mol. The van der Waals surface area contributed by atoms with E-state index in [9.17, 15) is 9.59 Å². The van der Waals surface area contributed by atoms with Gasteiger partial charge < -0.3 is 9.15 Å². The SMILES string of the molecule is Cc1ccc2c(COC(=O)c3ccc4c(c3)nc(C)n4-c3ccccc3)cc(=O)oc2c1. The largest absolute Gasteiger partial charge is 0.457 e. The second-order valence-electron chi connectivity index (χ2n) is 7.70. The third kappa shape index (κ3) is 3.56. The van der Waals surface area contributed by atoms with Crippen LogP contribution in [-0.4, -0.2) is 15.5 Å². The number of hydrogen-bond acceptors (Lipinski definition) is 5. The number of ether oxygens (including phenoxy) is 1. The molecule has 6 nitrogen and oxygen atoms in total. The first-order valence-corrected chi connectivity index (χ1v) is 10.2. The Morgan fingerprint density at radius 3 is 2.62 bits per heavy atom. The fourth-order valence-corrected chi connectivity index (χ4v) is 3.91. The van der Waals surface area contributed by atoms with E-state index >= 15 is 0 Å². The van der Waals surface area contributed by atoms with Crippen LogP contribution in [0.4, 0.5) is 0 Å². The van der Waals surface area contributed by atoms with Gasteiger partial charge in [-0.3, -0.25) is 4.57 Å². The van der Waals surface area contributed by atoms with Gasteiger partial charge in [0.15, 0.2) is 0 Å². The summed E-state index contributed by atoms with van der Waals surface area (Å²) >= 11 is 0. The van der Waals surface area contributed by atoms with E-state index in [2.05, 4.69) is 4.98 Å². The number of hydrogen-bond donors (Lipinski definition) is 0. The molecule has 0 radical (unpaired) electrons. The molecule has 0 aliphatic rings. The summed E-state index contributed by atoms with van der Waals surface area (Å²) in [6.07, 6.45) is 0. The molecule has 3 aromatic carbocycles. The first kappa shape index (κ1) is 19.8. The Kier molecular flexibility index (Phi) is 4.82. The van der Waals surface area contributed by atoms with Gasteiger partial charge in [-0.15, -0.1) is 0 Å². The van der Waals surface area contributed by atoms with Crippen LogP contribution in [0.25, 0.3) is 27.7 Å². The zero-order valence-electron chi connectivity index (χ0n) is 17.7. The summed E-state index contributed by atoms with van der Waals surface area (Å²) in [5, 5.41) is 0.746. The van der Waals surface area contributed by atoms with Crippen LogP contribution in [0.2, 0.25) is 0 Å². The number of imidazole rings is 1. The molecule has 5 rings (SSSR count). The Labute approximate surface area is 183 Å². The van der Waals surface area contributed by atoms with Gasteiger partial charge in [-0.25, -0.2) is 14.6 Å². The highest BCUT2D eigenvalue weighted by molar-refractivity contribution is 5.94. The number of para-hydroxylation sites is 1. The predicted octanol–water partition coefficient (Wildman–Crippen LogP) is 5.11. The minimum atomic E-state index is -0.479. The predicted molar refractivity (Wildman–Crippen MR) is 122 cm³/mol. The lowest BCUT2D eigenvalue weighted by Gasteiger charge is -2.08. The van der Waals surface area contributed by atoms with Gasteiger partial charge in [0.25, 0.3) is 0 Å². The van der Waals surface area contributed by atoms with E-state index in [4.69, 9.17) is 9.15 Å². The van der Waals surface area contributed by atoms with Gasteiger partial charge in [0.1, 0.15) is 18.0 Å². The van der Waals surface area contributed by atoms with Gasteiger partial charge >= 0.3 is 11.6 Å². The maximum Gasteiger partial charge on any atom is 0.338 e. The molecule has 6 heteroatoms. The fourth-order valence-electron chi connectivity index (χ4n) is 3.91. The number of esters is 1. The van der Waals surface area contributed by atoms with Crippen molar-refractivity contribution in [3.05, 3.63) is 106 Å². The molecule has 32 heavy (non-hydrogen) atoms. The molecule has 2 heterocycles. The number of fused-ring (bicyclic) bond motifs is 2. The van der Waals surface area contributed by atoms with Crippen molar-refractivity contribution in [3.8, 4) is 5.69 Å². The minimum Gasteiger partial charge on any atom is -0.457 e. The maximum atomic E-state index is 12.7. The van der Waals surface area contributed by atoms with E-state index in [1.165, 1.54) is 6.07 Å². The molecule has 0 aliphatic carbocycles. The average Bonchev–Trinajstić information content (AvgIpc) is 3.12. The van der Waals surface area contributed by atoms with Crippen molar-refractivity contribution in [2.75, 3.05) is 0 Å². The van der Waals surface area contributed by atoms with Crippen LogP contribution in [-0.2, 0) is 11.3 Å². The lowest BCUT2D eigenvalue weighted by Crippen LogP contribution is -2.08. The molecule has 0 aliphatic heterocycles. The van der Waals surface area contributed by atoms with Gasteiger partial charge in [0, 0.05) is 22.7 Å². The third-order valence-electron chi connectivity index (χ3n) is 5.42. The Morgan fingerprint density at radius 1 is 1.00 bits per heavy atom. The Balaban J connectivity index is 1.43. The van der Waals surface area contributed by atoms with Crippen LogP contribution in [0.3, 0.4) is 0 Å². The number of carbonyl (C=O) groups is 1. The van der Waals surface area contributed by atoms with Gasteiger partial charge in [0.05, 0.1) is 16.6 Å². The molecule has 158 valence electrons. The number of nitrogens with zero attached hydrogens (tertiary/aromatic N) is 2. The van der Waals surface area contributed by atoms with E-state index in [0.717, 1.165) is 28.0 Å². The van der Waals surface area contributed by atoms with Crippen molar-refractivity contribution in [1.82, 2.24) is 9.55 Å². The molecule has 5 aromatic rings. The molecule has 0 bridgehead atoms. The van der Waals surface area contributed by atoms with Gasteiger partial charge in [-0.2, -0.15) is 0 Å². The smallest absolute Gasteiger partial charge is 0.338 e. The Morgan fingerprint density at radius 2 is 1.81 bits per heavy atom. The van der Waals surface area contributed by atoms with E-state index in [-0.39, 0.29) is 6.61 Å². The molecule has 0 atom stereocenters. The first-order valence-electron chi connectivity index (χ1n) is 10.2. The summed E-state index contributed by atoms with van der Waals surface area (Å²) in [6, 6.07) is 22.2. The standard InChI is InChI=1S/C26H20N2O4/c1-16-8-10-21-19(14-25(29)32-24(21)12-16)15-31-26(30)18-9-11-23-22(13-18)27-17(2)28(23)20-6-4-3-5-7-20/h3-14H,15H2,1-2H3. The number of aryl methyl sites for hydroxylation is 2. The van der Waals surface area contributed by atoms with Crippen molar-refractivity contribution in [2.45, 2.75) is 20.5 Å². The Bertz CT molecular complexity index is 1530. The van der Waals surface area contributed by atoms with Crippen LogP contribution in [0.1, 0.15) is 27.3 Å². The zero-order valence-corrected chi connectivity index (χ0v) is 17.7. The normalized spacial score (nSPS) is 11.2. The molecular formula is C26H20N2O4. The summed E-state index contributed by atoms with van der Waals surface area (Å²) in [5.74, 6) is 0.349. The molecule has 2 aromatic heterocycles. The fraction of sp³-hybridized carbons (Fsp3) is 0.115. The quantitative estimate of drug-likeness (QED) is 0.296. The number of carbonyl (C=O) groups excluding carboxylic acids is 1. The van der Waals surface area contributed by atoms with Crippen LogP contribution >= 0.6 is 0 Å². The number of benzene rings is 3. The molecular weight excluding hydrogens is 404 g/mol. The zero-order chi connectivity index (χ0) is 22.2. The maximum absolute atomic E-state index is 12.7. The second kappa shape index (κ2) is 7.81. The van der Waals surface area contributed by atoms with Crippen molar-refractivity contribution in [2.24, 2.45) is 0 Å². The number of aromatic nitrogens is 2. The molecule has 0 spiro atoms. The molecule has 0 N–H and O–H groups in total. The van der Waals surface area contributed by atoms with E-state index < -0.39 is 11.6 Å². The highest BCUT2D eigenvalue weighted by Gasteiger charge is 2.15. The summed E-state index contributed by atoms with van der Waals surface area (Å²) in [4.78, 5) is 29.3. The first-order chi connectivity index (χ1) is 15.5. The highest BCUT2D eigenvalue weighted by Crippen LogP contribution is 2.23. The molecule has 0 fully saturated rings. The van der Waals surface area contributed by atoms with Gasteiger partial charge in [0.2, 0.25) is 0 Å². The van der Waals surface area contributed by atoms with Crippen LogP contribution in [0, 0.1) is 13.8 Å². The summed E-state index contributed by atoms with van der Waals surface area (Å²) in [5.41, 5.74) is 4.62. The van der Waals surface area contributed by atoms with Crippen LogP contribution in [0.15, 0.2) is 82.0 Å². The van der Waals surface area contributed by atoms with E-state index in [0.29, 0.717) is 22.2 Å². The van der Waals surface area contributed by atoms with Crippen molar-refractivity contribution >= 4 is 28.0 Å². The summed E-state index contributed by atoms with van der Waals surface area (Å²) in [7, 11) is 0. The van der Waals surface area contributed by atoms with Crippen molar-refractivity contribution < 1.29 is 13.9 Å². The third-order valence-corrected chi connectivity index (χ3v) is 5.42. The average molecular weight is 424 g/mol. The topological polar surface area (TPSA) is 74.3 Å². The van der Waals surface area contributed by atoms with Crippen molar-refractivity contribution in [3.63, 3.8) is 0 Å².